The summed E-state index contributed by atoms with van der Waals surface area (Å²) in [5.74, 6) is 0.146. The van der Waals surface area contributed by atoms with E-state index in [1.165, 1.54) is 12.2 Å². The van der Waals surface area contributed by atoms with Crippen LogP contribution in [0.1, 0.15) is 10.4 Å². The Morgan fingerprint density at radius 2 is 1.62 bits per heavy atom. The minimum Gasteiger partial charge on any atom is -0.497 e. The van der Waals surface area contributed by atoms with Crippen LogP contribution in [0.2, 0.25) is 0 Å². The Balaban J connectivity index is 1.94. The van der Waals surface area contributed by atoms with E-state index in [1.807, 2.05) is 6.07 Å². The number of carbonyl (C=O) groups is 2. The molecule has 1 N–H and O–H groups in total. The lowest BCUT2D eigenvalue weighted by Crippen LogP contribution is -2.08. The smallest absolute Gasteiger partial charge is 0.248 e. The molecule has 106 valence electrons. The predicted octanol–water partition coefficient (Wildman–Crippen LogP) is 3.07. The van der Waals surface area contributed by atoms with Gasteiger partial charge in [-0.25, -0.2) is 0 Å². The van der Waals surface area contributed by atoms with Gasteiger partial charge in [0.05, 0.1) is 7.11 Å². The summed E-state index contributed by atoms with van der Waals surface area (Å²) in [6.45, 7) is 0. The molecule has 4 nitrogen and oxygen atoms in total. The quantitative estimate of drug-likeness (QED) is 0.677. The molecule has 0 saturated heterocycles. The number of methoxy groups -OCH3 is 1. The molecular weight excluding hydrogens is 266 g/mol. The first-order valence-corrected chi connectivity index (χ1v) is 6.41. The number of hydrogen-bond donors (Lipinski definition) is 1. The highest BCUT2D eigenvalue weighted by molar-refractivity contribution is 6.09. The van der Waals surface area contributed by atoms with E-state index >= 15 is 0 Å². The van der Waals surface area contributed by atoms with Crippen molar-refractivity contribution in [1.82, 2.24) is 0 Å². The molecule has 0 saturated carbocycles. The summed E-state index contributed by atoms with van der Waals surface area (Å²) in [7, 11) is 1.57. The molecule has 2 aromatic carbocycles. The molecule has 0 aliphatic carbocycles. The highest BCUT2D eigenvalue weighted by Gasteiger charge is 2.02. The van der Waals surface area contributed by atoms with Crippen molar-refractivity contribution in [2.24, 2.45) is 0 Å². The Kier molecular flexibility index (Phi) is 4.88. The van der Waals surface area contributed by atoms with Crippen LogP contribution in [-0.4, -0.2) is 18.8 Å². The number of ether oxygens (including phenoxy) is 1. The van der Waals surface area contributed by atoms with Gasteiger partial charge in [0.15, 0.2) is 5.78 Å². The molecule has 0 heterocycles. The summed E-state index contributed by atoms with van der Waals surface area (Å²) in [6.07, 6.45) is 2.48. The number of allylic oxidation sites excluding steroid dienone is 1. The van der Waals surface area contributed by atoms with E-state index in [-0.39, 0.29) is 11.7 Å². The standard InChI is InChI=1S/C17H15NO3/c1-21-15-9-7-14(8-10-15)18-17(20)12-11-16(19)13-5-3-2-4-6-13/h2-12H,1H3,(H,18,20). The largest absolute Gasteiger partial charge is 0.497 e. The summed E-state index contributed by atoms with van der Waals surface area (Å²) < 4.78 is 5.03. The predicted molar refractivity (Wildman–Crippen MR) is 81.5 cm³/mol. The van der Waals surface area contributed by atoms with Crippen LogP contribution in [0.15, 0.2) is 66.7 Å². The molecule has 0 radical (unpaired) electrons. The highest BCUT2D eigenvalue weighted by atomic mass is 16.5. The summed E-state index contributed by atoms with van der Waals surface area (Å²) >= 11 is 0. The second kappa shape index (κ2) is 7.05. The van der Waals surface area contributed by atoms with E-state index < -0.39 is 0 Å². The number of rotatable bonds is 5. The van der Waals surface area contributed by atoms with Crippen LogP contribution < -0.4 is 10.1 Å². The second-order valence-electron chi connectivity index (χ2n) is 4.28. The van der Waals surface area contributed by atoms with Gasteiger partial charge in [-0.1, -0.05) is 30.3 Å². The summed E-state index contributed by atoms with van der Waals surface area (Å²) in [6, 6.07) is 15.7. The van der Waals surface area contributed by atoms with Gasteiger partial charge in [0.1, 0.15) is 5.75 Å². The lowest BCUT2D eigenvalue weighted by molar-refractivity contribution is -0.111. The molecule has 1 amide bonds. The number of nitrogens with one attached hydrogen (secondary N) is 1. The molecule has 2 aromatic rings. The van der Waals surface area contributed by atoms with E-state index in [2.05, 4.69) is 5.32 Å². The SMILES string of the molecule is COc1ccc(NC(=O)C=CC(=O)c2ccccc2)cc1. The highest BCUT2D eigenvalue weighted by Crippen LogP contribution is 2.14. The van der Waals surface area contributed by atoms with Crippen LogP contribution in [-0.2, 0) is 4.79 Å². The molecule has 0 aliphatic heterocycles. The Morgan fingerprint density at radius 1 is 0.952 bits per heavy atom. The molecule has 2 rings (SSSR count). The molecule has 0 unspecified atom stereocenters. The maximum absolute atomic E-state index is 11.8. The zero-order valence-electron chi connectivity index (χ0n) is 11.6. The van der Waals surface area contributed by atoms with Crippen molar-refractivity contribution < 1.29 is 14.3 Å². The van der Waals surface area contributed by atoms with Gasteiger partial charge < -0.3 is 10.1 Å². The van der Waals surface area contributed by atoms with Gasteiger partial charge in [-0.2, -0.15) is 0 Å². The van der Waals surface area contributed by atoms with Crippen molar-refractivity contribution in [3.8, 4) is 5.75 Å². The minimum absolute atomic E-state index is 0.208. The van der Waals surface area contributed by atoms with Gasteiger partial charge in [-0.3, -0.25) is 9.59 Å². The topological polar surface area (TPSA) is 55.4 Å². The second-order valence-corrected chi connectivity index (χ2v) is 4.28. The Labute approximate surface area is 123 Å². The molecule has 0 aromatic heterocycles. The molecule has 0 atom stereocenters. The van der Waals surface area contributed by atoms with Gasteiger partial charge in [0, 0.05) is 17.3 Å². The molecule has 0 fully saturated rings. The third-order valence-corrected chi connectivity index (χ3v) is 2.80. The Morgan fingerprint density at radius 3 is 2.24 bits per heavy atom. The van der Waals surface area contributed by atoms with Crippen LogP contribution in [0.5, 0.6) is 5.75 Å². The molecule has 0 bridgehead atoms. The zero-order chi connectivity index (χ0) is 15.1. The average Bonchev–Trinajstić information content (AvgIpc) is 2.54. The van der Waals surface area contributed by atoms with Crippen molar-refractivity contribution >= 4 is 17.4 Å². The van der Waals surface area contributed by atoms with Crippen molar-refractivity contribution in [2.45, 2.75) is 0 Å². The Hall–Kier alpha value is -2.88. The van der Waals surface area contributed by atoms with Crippen LogP contribution in [0, 0.1) is 0 Å². The number of hydrogen-bond acceptors (Lipinski definition) is 3. The molecular formula is C17H15NO3. The maximum atomic E-state index is 11.8. The van der Waals surface area contributed by atoms with Crippen molar-refractivity contribution in [2.75, 3.05) is 12.4 Å². The molecule has 4 heteroatoms. The van der Waals surface area contributed by atoms with Crippen LogP contribution in [0.4, 0.5) is 5.69 Å². The first kappa shape index (κ1) is 14.5. The first-order valence-electron chi connectivity index (χ1n) is 6.41. The fourth-order valence-electron chi connectivity index (χ4n) is 1.71. The van der Waals surface area contributed by atoms with Crippen LogP contribution in [0.3, 0.4) is 0 Å². The minimum atomic E-state index is -0.357. The number of anilines is 1. The summed E-state index contributed by atoms with van der Waals surface area (Å²) in [4.78, 5) is 23.5. The first-order chi connectivity index (χ1) is 10.2. The zero-order valence-corrected chi connectivity index (χ0v) is 11.6. The van der Waals surface area contributed by atoms with E-state index in [4.69, 9.17) is 4.74 Å². The number of ketones is 1. The van der Waals surface area contributed by atoms with Crippen molar-refractivity contribution in [3.63, 3.8) is 0 Å². The third-order valence-electron chi connectivity index (χ3n) is 2.80. The fourth-order valence-corrected chi connectivity index (χ4v) is 1.71. The van der Waals surface area contributed by atoms with Gasteiger partial charge in [-0.05, 0) is 30.3 Å². The van der Waals surface area contributed by atoms with Gasteiger partial charge >= 0.3 is 0 Å². The van der Waals surface area contributed by atoms with E-state index in [0.717, 1.165) is 0 Å². The molecule has 0 aliphatic rings. The monoisotopic (exact) mass is 281 g/mol. The number of carbonyl (C=O) groups excluding carboxylic acids is 2. The Bertz CT molecular complexity index is 645. The van der Waals surface area contributed by atoms with Crippen molar-refractivity contribution in [3.05, 3.63) is 72.3 Å². The van der Waals surface area contributed by atoms with Gasteiger partial charge in [-0.15, -0.1) is 0 Å². The number of amides is 1. The van der Waals surface area contributed by atoms with Gasteiger partial charge in [0.25, 0.3) is 0 Å². The summed E-state index contributed by atoms with van der Waals surface area (Å²) in [5.41, 5.74) is 1.18. The average molecular weight is 281 g/mol. The van der Waals surface area contributed by atoms with Crippen LogP contribution in [0.25, 0.3) is 0 Å². The van der Waals surface area contributed by atoms with Crippen molar-refractivity contribution in [1.29, 1.82) is 0 Å². The fraction of sp³-hybridized carbons (Fsp3) is 0.0588. The lowest BCUT2D eigenvalue weighted by atomic mass is 10.1. The third kappa shape index (κ3) is 4.31. The molecule has 21 heavy (non-hydrogen) atoms. The normalized spacial score (nSPS) is 10.3. The van der Waals surface area contributed by atoms with E-state index in [9.17, 15) is 9.59 Å². The van der Waals surface area contributed by atoms with E-state index in [0.29, 0.717) is 17.0 Å². The van der Waals surface area contributed by atoms with Crippen LogP contribution >= 0.6 is 0 Å². The summed E-state index contributed by atoms with van der Waals surface area (Å²) in [5, 5.41) is 2.67. The van der Waals surface area contributed by atoms with E-state index in [1.54, 1.807) is 55.6 Å². The lowest BCUT2D eigenvalue weighted by Gasteiger charge is -2.03. The maximum Gasteiger partial charge on any atom is 0.248 e. The number of benzene rings is 2. The van der Waals surface area contributed by atoms with Gasteiger partial charge in [0.2, 0.25) is 5.91 Å². The molecule has 0 spiro atoms.